The van der Waals surface area contributed by atoms with Gasteiger partial charge in [0.15, 0.2) is 0 Å². The Morgan fingerprint density at radius 1 is 1.18 bits per heavy atom. The molecule has 3 heteroatoms. The van der Waals surface area contributed by atoms with Crippen LogP contribution < -0.4 is 0 Å². The van der Waals surface area contributed by atoms with Crippen LogP contribution in [0.2, 0.25) is 5.04 Å². The average Bonchev–Trinajstić information content (AvgIpc) is 2.15. The summed E-state index contributed by atoms with van der Waals surface area (Å²) in [6, 6.07) is 0. The first kappa shape index (κ1) is 8.78. The highest BCUT2D eigenvalue weighted by Crippen LogP contribution is 2.38. The van der Waals surface area contributed by atoms with E-state index in [0.717, 1.165) is 35.9 Å². The van der Waals surface area contributed by atoms with Crippen LogP contribution in [0.4, 0.5) is 0 Å². The molecule has 0 amide bonds. The van der Waals surface area contributed by atoms with Crippen molar-refractivity contribution in [2.45, 2.75) is 43.6 Å². The fourth-order valence-corrected chi connectivity index (χ4v) is 2.43. The SMILES string of the molecule is O=C(O)C1([SiH3])CCCCCC1. The van der Waals surface area contributed by atoms with E-state index in [9.17, 15) is 4.79 Å². The van der Waals surface area contributed by atoms with E-state index in [-0.39, 0.29) is 5.04 Å². The van der Waals surface area contributed by atoms with Crippen LogP contribution in [0, 0.1) is 0 Å². The van der Waals surface area contributed by atoms with Crippen molar-refractivity contribution in [2.75, 3.05) is 0 Å². The molecule has 1 fully saturated rings. The Labute approximate surface area is 70.4 Å². The quantitative estimate of drug-likeness (QED) is 0.472. The lowest BCUT2D eigenvalue weighted by molar-refractivity contribution is -0.141. The van der Waals surface area contributed by atoms with Gasteiger partial charge in [0.1, 0.15) is 0 Å². The van der Waals surface area contributed by atoms with Crippen molar-refractivity contribution in [3.05, 3.63) is 0 Å². The predicted octanol–water partition coefficient (Wildman–Crippen LogP) is 0.949. The molecule has 0 aromatic heterocycles. The van der Waals surface area contributed by atoms with E-state index in [2.05, 4.69) is 0 Å². The van der Waals surface area contributed by atoms with E-state index in [1.165, 1.54) is 12.8 Å². The van der Waals surface area contributed by atoms with Crippen molar-refractivity contribution in [3.63, 3.8) is 0 Å². The lowest BCUT2D eigenvalue weighted by atomic mass is 9.99. The third kappa shape index (κ3) is 2.06. The zero-order chi connectivity index (χ0) is 8.32. The highest BCUT2D eigenvalue weighted by molar-refractivity contribution is 6.26. The Bertz CT molecular complexity index is 148. The summed E-state index contributed by atoms with van der Waals surface area (Å²) >= 11 is 0. The molecule has 11 heavy (non-hydrogen) atoms. The van der Waals surface area contributed by atoms with E-state index in [1.807, 2.05) is 0 Å². The standard InChI is InChI=1S/C8H16O2Si/c9-7(10)8(11)5-3-1-2-4-6-8/h1-6H2,11H3,(H,9,10). The van der Waals surface area contributed by atoms with E-state index >= 15 is 0 Å². The van der Waals surface area contributed by atoms with Crippen LogP contribution in [0.3, 0.4) is 0 Å². The summed E-state index contributed by atoms with van der Waals surface area (Å²) in [6.07, 6.45) is 6.56. The van der Waals surface area contributed by atoms with Crippen LogP contribution in [-0.4, -0.2) is 21.3 Å². The molecule has 1 N–H and O–H groups in total. The molecular weight excluding hydrogens is 156 g/mol. The second-order valence-corrected chi connectivity index (χ2v) is 5.69. The molecule has 0 heterocycles. The summed E-state index contributed by atoms with van der Waals surface area (Å²) in [5.41, 5.74) is 0. The summed E-state index contributed by atoms with van der Waals surface area (Å²) in [5, 5.41) is 8.68. The van der Waals surface area contributed by atoms with Crippen molar-refractivity contribution in [1.82, 2.24) is 0 Å². The van der Waals surface area contributed by atoms with Crippen LogP contribution in [0.1, 0.15) is 38.5 Å². The Hall–Kier alpha value is -0.313. The van der Waals surface area contributed by atoms with Gasteiger partial charge in [0.05, 0.1) is 5.04 Å². The number of carboxylic acids is 1. The van der Waals surface area contributed by atoms with Crippen molar-refractivity contribution in [2.24, 2.45) is 0 Å². The van der Waals surface area contributed by atoms with Crippen molar-refractivity contribution in [3.8, 4) is 0 Å². The molecule has 0 aliphatic heterocycles. The van der Waals surface area contributed by atoms with Crippen molar-refractivity contribution in [1.29, 1.82) is 0 Å². The summed E-state index contributed by atoms with van der Waals surface area (Å²) < 4.78 is 0. The zero-order valence-corrected chi connectivity index (χ0v) is 9.10. The molecular formula is C8H16O2Si. The minimum atomic E-state index is -0.550. The van der Waals surface area contributed by atoms with Gasteiger partial charge in [0.25, 0.3) is 0 Å². The molecule has 0 saturated heterocycles. The third-order valence-electron chi connectivity index (χ3n) is 2.72. The number of hydrogen-bond donors (Lipinski definition) is 1. The number of rotatable bonds is 1. The third-order valence-corrected chi connectivity index (χ3v) is 4.15. The lowest BCUT2D eigenvalue weighted by Crippen LogP contribution is -2.22. The Morgan fingerprint density at radius 2 is 1.64 bits per heavy atom. The van der Waals surface area contributed by atoms with Crippen molar-refractivity contribution >= 4 is 16.2 Å². The zero-order valence-electron chi connectivity index (χ0n) is 7.10. The van der Waals surface area contributed by atoms with E-state index in [1.54, 1.807) is 0 Å². The van der Waals surface area contributed by atoms with Crippen molar-refractivity contribution < 1.29 is 9.90 Å². The van der Waals surface area contributed by atoms with Gasteiger partial charge >= 0.3 is 5.97 Å². The van der Waals surface area contributed by atoms with Crippen LogP contribution in [0.5, 0.6) is 0 Å². The van der Waals surface area contributed by atoms with Gasteiger partial charge in [-0.1, -0.05) is 25.7 Å². The summed E-state index contributed by atoms with van der Waals surface area (Å²) in [5.74, 6) is -0.550. The van der Waals surface area contributed by atoms with E-state index in [4.69, 9.17) is 5.11 Å². The van der Waals surface area contributed by atoms with Gasteiger partial charge < -0.3 is 5.11 Å². The molecule has 1 aliphatic rings. The normalized spacial score (nSPS) is 24.4. The molecule has 64 valence electrons. The number of hydrogen-bond acceptors (Lipinski definition) is 1. The fourth-order valence-electron chi connectivity index (χ4n) is 1.72. The van der Waals surface area contributed by atoms with Gasteiger partial charge in [-0.3, -0.25) is 4.79 Å². The monoisotopic (exact) mass is 172 g/mol. The molecule has 0 unspecified atom stereocenters. The number of carbonyl (C=O) groups is 1. The first-order valence-corrected chi connectivity index (χ1v) is 5.38. The molecule has 2 nitrogen and oxygen atoms in total. The molecule has 0 spiro atoms. The van der Waals surface area contributed by atoms with Gasteiger partial charge in [0.2, 0.25) is 0 Å². The highest BCUT2D eigenvalue weighted by Gasteiger charge is 2.32. The molecule has 1 saturated carbocycles. The van der Waals surface area contributed by atoms with Gasteiger partial charge in [-0.2, -0.15) is 0 Å². The smallest absolute Gasteiger partial charge is 0.305 e. The van der Waals surface area contributed by atoms with Crippen LogP contribution in [0.15, 0.2) is 0 Å². The topological polar surface area (TPSA) is 37.3 Å². The Kier molecular flexibility index (Phi) is 2.71. The van der Waals surface area contributed by atoms with Gasteiger partial charge in [-0.15, -0.1) is 0 Å². The molecule has 0 bridgehead atoms. The molecule has 1 aliphatic carbocycles. The second kappa shape index (κ2) is 3.39. The van der Waals surface area contributed by atoms with E-state index < -0.39 is 5.97 Å². The second-order valence-electron chi connectivity index (χ2n) is 3.78. The number of carboxylic acid groups (broad SMARTS) is 1. The predicted molar refractivity (Wildman–Crippen MR) is 48.0 cm³/mol. The Morgan fingerprint density at radius 3 is 2.00 bits per heavy atom. The summed E-state index contributed by atoms with van der Waals surface area (Å²) in [4.78, 5) is 10.9. The maximum Gasteiger partial charge on any atom is 0.305 e. The Balaban J connectivity index is 2.59. The van der Waals surface area contributed by atoms with E-state index in [0.29, 0.717) is 0 Å². The van der Waals surface area contributed by atoms with Gasteiger partial charge in [-0.25, -0.2) is 0 Å². The first-order valence-electron chi connectivity index (χ1n) is 4.38. The highest BCUT2D eigenvalue weighted by atomic mass is 28.1. The van der Waals surface area contributed by atoms with Gasteiger partial charge in [0, 0.05) is 10.2 Å². The van der Waals surface area contributed by atoms with Crippen LogP contribution in [-0.2, 0) is 4.79 Å². The minimum absolute atomic E-state index is 0.281. The minimum Gasteiger partial charge on any atom is -0.481 e. The summed E-state index contributed by atoms with van der Waals surface area (Å²) in [7, 11) is 0.813. The maximum absolute atomic E-state index is 10.9. The lowest BCUT2D eigenvalue weighted by Gasteiger charge is -2.21. The van der Waals surface area contributed by atoms with Crippen LogP contribution >= 0.6 is 0 Å². The number of aliphatic carboxylic acids is 1. The molecule has 0 aromatic rings. The molecule has 0 aromatic carbocycles. The first-order chi connectivity index (χ1) is 5.15. The summed E-state index contributed by atoms with van der Waals surface area (Å²) in [6.45, 7) is 0. The largest absolute Gasteiger partial charge is 0.481 e. The fraction of sp³-hybridized carbons (Fsp3) is 0.875. The maximum atomic E-state index is 10.9. The molecule has 0 radical (unpaired) electrons. The molecule has 0 atom stereocenters. The molecule has 1 rings (SSSR count). The van der Waals surface area contributed by atoms with Crippen LogP contribution in [0.25, 0.3) is 0 Å². The average molecular weight is 172 g/mol. The van der Waals surface area contributed by atoms with Gasteiger partial charge in [-0.05, 0) is 12.8 Å².